The van der Waals surface area contributed by atoms with Crippen LogP contribution >= 0.6 is 0 Å². The van der Waals surface area contributed by atoms with Gasteiger partial charge in [-0.25, -0.2) is 4.79 Å². The molecule has 5 nitrogen and oxygen atoms in total. The van der Waals surface area contributed by atoms with E-state index < -0.39 is 18.0 Å². The number of nitrogens with zero attached hydrogens (tertiary/aromatic N) is 1. The van der Waals surface area contributed by atoms with Gasteiger partial charge in [0.2, 0.25) is 0 Å². The molecule has 0 radical (unpaired) electrons. The summed E-state index contributed by atoms with van der Waals surface area (Å²) in [6.45, 7) is 2.72. The van der Waals surface area contributed by atoms with Crippen LogP contribution in [-0.2, 0) is 9.53 Å². The fraction of sp³-hybridized carbons (Fsp3) is 0.259. The summed E-state index contributed by atoms with van der Waals surface area (Å²) >= 11 is 0. The summed E-state index contributed by atoms with van der Waals surface area (Å²) in [5, 5.41) is 9.76. The van der Waals surface area contributed by atoms with Crippen molar-refractivity contribution in [1.29, 1.82) is 0 Å². The van der Waals surface area contributed by atoms with Gasteiger partial charge in [0.05, 0.1) is 5.92 Å². The maximum absolute atomic E-state index is 12.9. The maximum Gasteiger partial charge on any atom is 0.409 e. The molecule has 1 N–H and O–H groups in total. The van der Waals surface area contributed by atoms with Gasteiger partial charge in [-0.1, -0.05) is 78.4 Å². The van der Waals surface area contributed by atoms with Crippen molar-refractivity contribution < 1.29 is 19.4 Å². The lowest BCUT2D eigenvalue weighted by Crippen LogP contribution is -2.31. The van der Waals surface area contributed by atoms with E-state index in [9.17, 15) is 14.7 Å². The minimum atomic E-state index is -0.884. The van der Waals surface area contributed by atoms with Crippen LogP contribution < -0.4 is 0 Å². The summed E-state index contributed by atoms with van der Waals surface area (Å²) < 4.78 is 5.75. The van der Waals surface area contributed by atoms with Crippen molar-refractivity contribution in [3.63, 3.8) is 0 Å². The Labute approximate surface area is 187 Å². The van der Waals surface area contributed by atoms with Gasteiger partial charge < -0.3 is 14.7 Å². The maximum atomic E-state index is 12.9. The Hall–Kier alpha value is -3.60. The number of amides is 1. The van der Waals surface area contributed by atoms with E-state index in [0.29, 0.717) is 6.54 Å². The molecule has 3 aromatic carbocycles. The smallest absolute Gasteiger partial charge is 0.409 e. The Morgan fingerprint density at radius 1 is 0.938 bits per heavy atom. The fourth-order valence-electron chi connectivity index (χ4n) is 5.13. The largest absolute Gasteiger partial charge is 0.481 e. The van der Waals surface area contributed by atoms with Crippen molar-refractivity contribution in [2.24, 2.45) is 5.92 Å². The number of rotatable bonds is 4. The number of hydrogen-bond donors (Lipinski definition) is 1. The molecule has 1 aliphatic carbocycles. The van der Waals surface area contributed by atoms with Crippen molar-refractivity contribution in [2.45, 2.75) is 18.8 Å². The number of benzene rings is 3. The highest BCUT2D eigenvalue weighted by atomic mass is 16.6. The average molecular weight is 428 g/mol. The summed E-state index contributed by atoms with van der Waals surface area (Å²) in [4.78, 5) is 26.4. The molecule has 2 aliphatic rings. The highest BCUT2D eigenvalue weighted by molar-refractivity contribution is 5.79. The van der Waals surface area contributed by atoms with Gasteiger partial charge in [0.25, 0.3) is 0 Å². The quantitative estimate of drug-likeness (QED) is 0.633. The van der Waals surface area contributed by atoms with E-state index in [1.165, 1.54) is 11.1 Å². The van der Waals surface area contributed by atoms with Crippen LogP contribution in [0.3, 0.4) is 0 Å². The highest BCUT2D eigenvalue weighted by Crippen LogP contribution is 2.44. The predicted molar refractivity (Wildman–Crippen MR) is 122 cm³/mol. The van der Waals surface area contributed by atoms with Crippen LogP contribution in [0.2, 0.25) is 0 Å². The number of hydrogen-bond acceptors (Lipinski definition) is 3. The Kier molecular flexibility index (Phi) is 5.17. The summed E-state index contributed by atoms with van der Waals surface area (Å²) in [5.74, 6) is -1.78. The standard InChI is InChI=1S/C27H25NO4/c1-17-7-6-8-18(13-17)23-14-28(15-24(23)26(29)30)27(31)32-16-25-21-11-4-2-9-19(21)20-10-3-5-12-22(20)25/h2-13,23-25H,14-16H2,1H3,(H,29,30)/t23-,24+/m0/s1. The molecule has 162 valence electrons. The Morgan fingerprint density at radius 3 is 2.22 bits per heavy atom. The minimum Gasteiger partial charge on any atom is -0.481 e. The van der Waals surface area contributed by atoms with Crippen molar-refractivity contribution >= 4 is 12.1 Å². The molecule has 5 rings (SSSR count). The molecule has 1 amide bonds. The molecule has 0 unspecified atom stereocenters. The number of likely N-dealkylation sites (tertiary alicyclic amines) is 1. The third kappa shape index (κ3) is 3.54. The monoisotopic (exact) mass is 427 g/mol. The van der Waals surface area contributed by atoms with E-state index in [2.05, 4.69) is 24.3 Å². The summed E-state index contributed by atoms with van der Waals surface area (Å²) in [7, 11) is 0. The van der Waals surface area contributed by atoms with Crippen molar-refractivity contribution in [2.75, 3.05) is 19.7 Å². The lowest BCUT2D eigenvalue weighted by molar-refractivity contribution is -0.141. The molecule has 2 atom stereocenters. The van der Waals surface area contributed by atoms with Gasteiger partial charge >= 0.3 is 12.1 Å². The first-order valence-electron chi connectivity index (χ1n) is 10.9. The third-order valence-electron chi connectivity index (χ3n) is 6.70. The predicted octanol–water partition coefficient (Wildman–Crippen LogP) is 5.04. The molecule has 0 bridgehead atoms. The first kappa shape index (κ1) is 20.3. The second-order valence-electron chi connectivity index (χ2n) is 8.67. The van der Waals surface area contributed by atoms with E-state index in [0.717, 1.165) is 22.3 Å². The number of fused-ring (bicyclic) bond motifs is 3. The van der Waals surface area contributed by atoms with Crippen LogP contribution in [0.25, 0.3) is 11.1 Å². The number of carbonyl (C=O) groups is 2. The third-order valence-corrected chi connectivity index (χ3v) is 6.70. The molecule has 1 saturated heterocycles. The van der Waals surface area contributed by atoms with E-state index in [1.54, 1.807) is 4.90 Å². The molecular weight excluding hydrogens is 402 g/mol. The first-order valence-corrected chi connectivity index (χ1v) is 10.9. The van der Waals surface area contributed by atoms with Gasteiger partial charge in [-0.3, -0.25) is 4.79 Å². The van der Waals surface area contributed by atoms with Gasteiger partial charge in [-0.15, -0.1) is 0 Å². The van der Waals surface area contributed by atoms with E-state index in [1.807, 2.05) is 55.5 Å². The van der Waals surface area contributed by atoms with Crippen LogP contribution in [0.5, 0.6) is 0 Å². The van der Waals surface area contributed by atoms with Crippen LogP contribution in [0.15, 0.2) is 72.8 Å². The highest BCUT2D eigenvalue weighted by Gasteiger charge is 2.41. The molecular formula is C27H25NO4. The van der Waals surface area contributed by atoms with Gasteiger partial charge in [0.1, 0.15) is 6.61 Å². The van der Waals surface area contributed by atoms with E-state index in [4.69, 9.17) is 4.74 Å². The summed E-state index contributed by atoms with van der Waals surface area (Å²) in [6.07, 6.45) is -0.451. The zero-order valence-corrected chi connectivity index (χ0v) is 17.9. The number of aryl methyl sites for hydroxylation is 1. The van der Waals surface area contributed by atoms with Crippen molar-refractivity contribution in [1.82, 2.24) is 4.90 Å². The molecule has 0 spiro atoms. The Bertz CT molecular complexity index is 1140. The fourth-order valence-corrected chi connectivity index (χ4v) is 5.13. The molecule has 5 heteroatoms. The van der Waals surface area contributed by atoms with Crippen molar-refractivity contribution in [3.8, 4) is 11.1 Å². The SMILES string of the molecule is Cc1cccc([C@@H]2CN(C(=O)OCC3c4ccccc4-c4ccccc43)C[C@H]2C(=O)O)c1. The van der Waals surface area contributed by atoms with Crippen LogP contribution in [-0.4, -0.2) is 41.8 Å². The van der Waals surface area contributed by atoms with Gasteiger partial charge in [0, 0.05) is 24.9 Å². The van der Waals surface area contributed by atoms with Crippen LogP contribution in [0, 0.1) is 12.8 Å². The van der Waals surface area contributed by atoms with Crippen LogP contribution in [0.1, 0.15) is 34.1 Å². The molecule has 1 heterocycles. The zero-order valence-electron chi connectivity index (χ0n) is 17.9. The second-order valence-corrected chi connectivity index (χ2v) is 8.67. The van der Waals surface area contributed by atoms with Gasteiger partial charge in [-0.2, -0.15) is 0 Å². The normalized spacial score (nSPS) is 19.5. The molecule has 32 heavy (non-hydrogen) atoms. The lowest BCUT2D eigenvalue weighted by atomic mass is 9.88. The van der Waals surface area contributed by atoms with Crippen LogP contribution in [0.4, 0.5) is 4.79 Å². The topological polar surface area (TPSA) is 66.8 Å². The summed E-state index contributed by atoms with van der Waals surface area (Å²) in [5.41, 5.74) is 6.69. The lowest BCUT2D eigenvalue weighted by Gasteiger charge is -2.19. The first-order chi connectivity index (χ1) is 15.5. The average Bonchev–Trinajstić information content (AvgIpc) is 3.38. The van der Waals surface area contributed by atoms with E-state index >= 15 is 0 Å². The number of aliphatic carboxylic acids is 1. The molecule has 1 fully saturated rings. The Balaban J connectivity index is 1.32. The molecule has 3 aromatic rings. The number of carboxylic acid groups (broad SMARTS) is 1. The van der Waals surface area contributed by atoms with Crippen molar-refractivity contribution in [3.05, 3.63) is 95.1 Å². The minimum absolute atomic E-state index is 0.0169. The number of ether oxygens (including phenoxy) is 1. The number of carbonyl (C=O) groups excluding carboxylic acids is 1. The van der Waals surface area contributed by atoms with Gasteiger partial charge in [-0.05, 0) is 34.7 Å². The number of carboxylic acids is 1. The summed E-state index contributed by atoms with van der Waals surface area (Å²) in [6, 6.07) is 24.3. The molecule has 0 saturated carbocycles. The van der Waals surface area contributed by atoms with Gasteiger partial charge in [0.15, 0.2) is 0 Å². The molecule has 1 aliphatic heterocycles. The zero-order chi connectivity index (χ0) is 22.2. The Morgan fingerprint density at radius 2 is 1.59 bits per heavy atom. The second kappa shape index (κ2) is 8.15. The van der Waals surface area contributed by atoms with E-state index in [-0.39, 0.29) is 25.0 Å². The molecule has 0 aromatic heterocycles.